The zero-order valence-corrected chi connectivity index (χ0v) is 7.31. The van der Waals surface area contributed by atoms with E-state index in [4.69, 9.17) is 0 Å². The molecular weight excluding hydrogens is 136 g/mol. The lowest BCUT2D eigenvalue weighted by molar-refractivity contribution is 0.611. The van der Waals surface area contributed by atoms with E-state index in [9.17, 15) is 0 Å². The van der Waals surface area contributed by atoms with Crippen molar-refractivity contribution in [3.05, 3.63) is 17.7 Å². The Morgan fingerprint density at radius 1 is 1.64 bits per heavy atom. The van der Waals surface area contributed by atoms with E-state index in [2.05, 4.69) is 23.8 Å². The zero-order valence-electron chi connectivity index (χ0n) is 7.31. The Labute approximate surface area is 67.0 Å². The van der Waals surface area contributed by atoms with Gasteiger partial charge in [-0.05, 0) is 18.8 Å². The van der Waals surface area contributed by atoms with Crippen LogP contribution in [0.25, 0.3) is 0 Å². The van der Waals surface area contributed by atoms with Crippen LogP contribution in [0.3, 0.4) is 0 Å². The molecule has 1 aliphatic carbocycles. The van der Waals surface area contributed by atoms with E-state index in [0.717, 1.165) is 0 Å². The average Bonchev–Trinajstić information content (AvgIpc) is 2.39. The van der Waals surface area contributed by atoms with E-state index in [-0.39, 0.29) is 0 Å². The fourth-order valence-corrected chi connectivity index (χ4v) is 1.54. The average molecular weight is 150 g/mol. The maximum Gasteiger partial charge on any atom is 0.109 e. The number of imidazole rings is 1. The molecule has 0 aliphatic heterocycles. The minimum absolute atomic E-state index is 0.490. The van der Waals surface area contributed by atoms with Gasteiger partial charge >= 0.3 is 0 Å². The third-order valence-electron chi connectivity index (χ3n) is 2.57. The smallest absolute Gasteiger partial charge is 0.109 e. The Morgan fingerprint density at radius 2 is 2.27 bits per heavy atom. The van der Waals surface area contributed by atoms with Crippen molar-refractivity contribution in [2.24, 2.45) is 5.41 Å². The second-order valence-electron chi connectivity index (χ2n) is 4.20. The van der Waals surface area contributed by atoms with Crippen LogP contribution < -0.4 is 0 Å². The molecule has 0 bridgehead atoms. The van der Waals surface area contributed by atoms with Gasteiger partial charge in [0, 0.05) is 17.8 Å². The normalized spacial score (nSPS) is 27.0. The molecule has 2 nitrogen and oxygen atoms in total. The molecule has 0 amide bonds. The van der Waals surface area contributed by atoms with Gasteiger partial charge in [-0.25, -0.2) is 4.98 Å². The number of rotatable bonds is 1. The third-order valence-corrected chi connectivity index (χ3v) is 2.57. The maximum atomic E-state index is 4.32. The van der Waals surface area contributed by atoms with Crippen LogP contribution in [-0.4, -0.2) is 9.97 Å². The van der Waals surface area contributed by atoms with Gasteiger partial charge in [-0.15, -0.1) is 0 Å². The molecule has 2 rings (SSSR count). The quantitative estimate of drug-likeness (QED) is 0.653. The number of hydrogen-bond donors (Lipinski definition) is 1. The molecule has 1 N–H and O–H groups in total. The summed E-state index contributed by atoms with van der Waals surface area (Å²) in [6, 6.07) is 0. The molecular formula is C9H14N2. The molecule has 1 fully saturated rings. The van der Waals surface area contributed by atoms with Crippen molar-refractivity contribution in [2.75, 3.05) is 0 Å². The molecule has 1 aliphatic rings. The summed E-state index contributed by atoms with van der Waals surface area (Å²) < 4.78 is 0. The zero-order chi connectivity index (χ0) is 8.06. The largest absolute Gasteiger partial charge is 0.346 e. The van der Waals surface area contributed by atoms with E-state index in [1.807, 2.05) is 13.1 Å². The van der Waals surface area contributed by atoms with Gasteiger partial charge in [0.2, 0.25) is 0 Å². The van der Waals surface area contributed by atoms with Gasteiger partial charge < -0.3 is 4.98 Å². The Hall–Kier alpha value is -0.790. The summed E-state index contributed by atoms with van der Waals surface area (Å²) >= 11 is 0. The van der Waals surface area contributed by atoms with Crippen LogP contribution in [-0.2, 0) is 0 Å². The van der Waals surface area contributed by atoms with Crippen molar-refractivity contribution >= 4 is 0 Å². The first-order valence-corrected chi connectivity index (χ1v) is 4.11. The Balaban J connectivity index is 2.20. The summed E-state index contributed by atoms with van der Waals surface area (Å²) in [6.07, 6.45) is 3.18. The second kappa shape index (κ2) is 1.87. The van der Waals surface area contributed by atoms with Crippen LogP contribution in [0.15, 0.2) is 6.20 Å². The predicted octanol–water partition coefficient (Wildman–Crippen LogP) is 2.23. The highest BCUT2D eigenvalue weighted by atomic mass is 14.9. The Bertz CT molecular complexity index is 273. The van der Waals surface area contributed by atoms with Gasteiger partial charge in [-0.1, -0.05) is 13.8 Å². The second-order valence-corrected chi connectivity index (χ2v) is 4.20. The van der Waals surface area contributed by atoms with E-state index in [1.165, 1.54) is 17.9 Å². The van der Waals surface area contributed by atoms with Crippen molar-refractivity contribution in [3.63, 3.8) is 0 Å². The minimum atomic E-state index is 0.490. The van der Waals surface area contributed by atoms with Gasteiger partial charge in [0.15, 0.2) is 0 Å². The van der Waals surface area contributed by atoms with Crippen LogP contribution >= 0.6 is 0 Å². The van der Waals surface area contributed by atoms with Crippen molar-refractivity contribution in [1.29, 1.82) is 0 Å². The number of nitrogens with one attached hydrogen (secondary N) is 1. The first kappa shape index (κ1) is 6.89. The number of hydrogen-bond acceptors (Lipinski definition) is 1. The van der Waals surface area contributed by atoms with E-state index in [1.54, 1.807) is 0 Å². The maximum absolute atomic E-state index is 4.32. The molecule has 1 unspecified atom stereocenters. The van der Waals surface area contributed by atoms with Crippen LogP contribution in [0.2, 0.25) is 0 Å². The summed E-state index contributed by atoms with van der Waals surface area (Å²) in [5, 5.41) is 0. The van der Waals surface area contributed by atoms with Gasteiger partial charge in [-0.3, -0.25) is 0 Å². The molecule has 60 valence electrons. The number of aryl methyl sites for hydroxylation is 1. The van der Waals surface area contributed by atoms with Crippen LogP contribution in [0.1, 0.15) is 37.7 Å². The molecule has 1 saturated carbocycles. The van der Waals surface area contributed by atoms with Crippen molar-refractivity contribution < 1.29 is 0 Å². The lowest BCUT2D eigenvalue weighted by Crippen LogP contribution is -1.91. The van der Waals surface area contributed by atoms with Gasteiger partial charge in [0.25, 0.3) is 0 Å². The molecule has 0 spiro atoms. The van der Waals surface area contributed by atoms with Crippen LogP contribution in [0.5, 0.6) is 0 Å². The summed E-state index contributed by atoms with van der Waals surface area (Å²) in [7, 11) is 0. The molecule has 11 heavy (non-hydrogen) atoms. The molecule has 0 saturated heterocycles. The van der Waals surface area contributed by atoms with Crippen LogP contribution in [0.4, 0.5) is 0 Å². The molecule has 1 atom stereocenters. The fourth-order valence-electron chi connectivity index (χ4n) is 1.54. The van der Waals surface area contributed by atoms with Gasteiger partial charge in [-0.2, -0.15) is 0 Å². The van der Waals surface area contributed by atoms with Crippen molar-refractivity contribution in [2.45, 2.75) is 33.1 Å². The fraction of sp³-hybridized carbons (Fsp3) is 0.667. The molecule has 2 heteroatoms. The first-order chi connectivity index (χ1) is 5.09. The summed E-state index contributed by atoms with van der Waals surface area (Å²) in [5.74, 6) is 1.85. The minimum Gasteiger partial charge on any atom is -0.346 e. The lowest BCUT2D eigenvalue weighted by Gasteiger charge is -1.97. The highest BCUT2D eigenvalue weighted by molar-refractivity contribution is 5.17. The molecule has 0 radical (unpaired) electrons. The molecule has 1 heterocycles. The summed E-state index contributed by atoms with van der Waals surface area (Å²) in [6.45, 7) is 6.62. The highest BCUT2D eigenvalue weighted by Gasteiger charge is 2.48. The third kappa shape index (κ3) is 1.06. The number of H-pyrrole nitrogens is 1. The number of aromatic nitrogens is 2. The van der Waals surface area contributed by atoms with Crippen LogP contribution in [0, 0.1) is 12.3 Å². The molecule has 1 aromatic rings. The summed E-state index contributed by atoms with van der Waals surface area (Å²) in [4.78, 5) is 7.60. The first-order valence-electron chi connectivity index (χ1n) is 4.11. The van der Waals surface area contributed by atoms with Gasteiger partial charge in [0.1, 0.15) is 5.82 Å². The summed E-state index contributed by atoms with van der Waals surface area (Å²) in [5.41, 5.74) is 1.66. The molecule has 1 aromatic heterocycles. The van der Waals surface area contributed by atoms with E-state index >= 15 is 0 Å². The SMILES string of the molecule is Cc1cnc(C2CC2(C)C)[nH]1. The molecule has 0 aromatic carbocycles. The number of aromatic amines is 1. The van der Waals surface area contributed by atoms with E-state index < -0.39 is 0 Å². The Morgan fingerprint density at radius 3 is 2.64 bits per heavy atom. The standard InChI is InChI=1S/C9H14N2/c1-6-5-10-8(11-6)7-4-9(7,2)3/h5,7H,4H2,1-3H3,(H,10,11). The lowest BCUT2D eigenvalue weighted by atomic mass is 10.1. The number of nitrogens with zero attached hydrogens (tertiary/aromatic N) is 1. The van der Waals surface area contributed by atoms with E-state index in [0.29, 0.717) is 11.3 Å². The van der Waals surface area contributed by atoms with Crippen molar-refractivity contribution in [1.82, 2.24) is 9.97 Å². The van der Waals surface area contributed by atoms with Gasteiger partial charge in [0.05, 0.1) is 0 Å². The Kier molecular flexibility index (Phi) is 1.17. The predicted molar refractivity (Wildman–Crippen MR) is 44.5 cm³/mol. The topological polar surface area (TPSA) is 28.7 Å². The monoisotopic (exact) mass is 150 g/mol. The highest BCUT2D eigenvalue weighted by Crippen LogP contribution is 2.57. The van der Waals surface area contributed by atoms with Crippen molar-refractivity contribution in [3.8, 4) is 0 Å².